The second kappa shape index (κ2) is 7.65. The maximum atomic E-state index is 11.9. The SMILES string of the molecule is CNC(=O)c1cccc(-c2ccccc2O[C@@H]2OC[C@H](O)CC2O)c1. The number of aliphatic hydroxyl groups is 2. The van der Waals surface area contributed by atoms with Gasteiger partial charge < -0.3 is 25.0 Å². The van der Waals surface area contributed by atoms with Gasteiger partial charge in [-0.2, -0.15) is 0 Å². The van der Waals surface area contributed by atoms with E-state index in [-0.39, 0.29) is 18.9 Å². The third-order valence-electron chi connectivity index (χ3n) is 4.07. The molecule has 0 bridgehead atoms. The molecule has 0 saturated carbocycles. The van der Waals surface area contributed by atoms with Gasteiger partial charge in [-0.3, -0.25) is 4.79 Å². The molecule has 3 N–H and O–H groups in total. The largest absolute Gasteiger partial charge is 0.461 e. The van der Waals surface area contributed by atoms with Crippen molar-refractivity contribution < 1.29 is 24.5 Å². The molecule has 6 nitrogen and oxygen atoms in total. The molecule has 1 heterocycles. The molecule has 3 rings (SSSR count). The van der Waals surface area contributed by atoms with Gasteiger partial charge in [-0.25, -0.2) is 0 Å². The van der Waals surface area contributed by atoms with Crippen LogP contribution in [0.25, 0.3) is 11.1 Å². The lowest BCUT2D eigenvalue weighted by molar-refractivity contribution is -0.198. The number of benzene rings is 2. The zero-order valence-corrected chi connectivity index (χ0v) is 13.9. The Balaban J connectivity index is 1.88. The number of aliphatic hydroxyl groups excluding tert-OH is 2. The third-order valence-corrected chi connectivity index (χ3v) is 4.07. The minimum Gasteiger partial charge on any atom is -0.461 e. The fourth-order valence-electron chi connectivity index (χ4n) is 2.79. The first-order valence-corrected chi connectivity index (χ1v) is 8.14. The molecule has 1 amide bonds. The summed E-state index contributed by atoms with van der Waals surface area (Å²) >= 11 is 0. The van der Waals surface area contributed by atoms with Crippen LogP contribution in [0.5, 0.6) is 5.75 Å². The highest BCUT2D eigenvalue weighted by molar-refractivity contribution is 5.95. The standard InChI is InChI=1S/C19H21NO5/c1-20-18(23)13-6-4-5-12(9-13)15-7-2-3-8-17(15)25-19-16(22)10-14(21)11-24-19/h2-9,14,16,19,21-22H,10-11H2,1H3,(H,20,23)/t14-,16?,19+/m1/s1. The predicted octanol–water partition coefficient (Wildman–Crippen LogP) is 1.56. The lowest BCUT2D eigenvalue weighted by Crippen LogP contribution is -2.44. The van der Waals surface area contributed by atoms with Crippen molar-refractivity contribution in [2.75, 3.05) is 13.7 Å². The zero-order chi connectivity index (χ0) is 17.8. The summed E-state index contributed by atoms with van der Waals surface area (Å²) in [7, 11) is 1.59. The van der Waals surface area contributed by atoms with Crippen molar-refractivity contribution >= 4 is 5.91 Å². The van der Waals surface area contributed by atoms with Gasteiger partial charge in [0.2, 0.25) is 6.29 Å². The number of carbonyl (C=O) groups excluding carboxylic acids is 1. The molecule has 1 aliphatic rings. The highest BCUT2D eigenvalue weighted by Gasteiger charge is 2.31. The summed E-state index contributed by atoms with van der Waals surface area (Å²) in [6.07, 6.45) is -2.23. The van der Waals surface area contributed by atoms with Crippen LogP contribution in [0.15, 0.2) is 48.5 Å². The quantitative estimate of drug-likeness (QED) is 0.784. The monoisotopic (exact) mass is 343 g/mol. The number of rotatable bonds is 4. The van der Waals surface area contributed by atoms with Crippen LogP contribution >= 0.6 is 0 Å². The molecule has 0 radical (unpaired) electrons. The summed E-state index contributed by atoms with van der Waals surface area (Å²) in [5.41, 5.74) is 2.16. The second-order valence-electron chi connectivity index (χ2n) is 5.93. The molecule has 0 aliphatic carbocycles. The van der Waals surface area contributed by atoms with Crippen LogP contribution in [0.4, 0.5) is 0 Å². The molecule has 1 saturated heterocycles. The zero-order valence-electron chi connectivity index (χ0n) is 13.9. The Morgan fingerprint density at radius 1 is 1.20 bits per heavy atom. The van der Waals surface area contributed by atoms with Crippen molar-refractivity contribution in [3.63, 3.8) is 0 Å². The van der Waals surface area contributed by atoms with E-state index in [1.807, 2.05) is 24.3 Å². The highest BCUT2D eigenvalue weighted by Crippen LogP contribution is 2.32. The van der Waals surface area contributed by atoms with E-state index in [0.717, 1.165) is 11.1 Å². The number of ether oxygens (including phenoxy) is 2. The second-order valence-corrected chi connectivity index (χ2v) is 5.93. The van der Waals surface area contributed by atoms with Crippen LogP contribution in [0.3, 0.4) is 0 Å². The Labute approximate surface area is 146 Å². The molecule has 6 heteroatoms. The molecule has 3 atom stereocenters. The Morgan fingerprint density at radius 2 is 2.00 bits per heavy atom. The van der Waals surface area contributed by atoms with Crippen LogP contribution in [-0.4, -0.2) is 48.3 Å². The summed E-state index contributed by atoms with van der Waals surface area (Å²) in [6.45, 7) is 0.121. The number of hydrogen-bond acceptors (Lipinski definition) is 5. The van der Waals surface area contributed by atoms with E-state index in [1.165, 1.54) is 0 Å². The van der Waals surface area contributed by atoms with Crippen molar-refractivity contribution in [2.45, 2.75) is 24.9 Å². The molecule has 2 aromatic rings. The molecular weight excluding hydrogens is 322 g/mol. The minimum absolute atomic E-state index is 0.121. The Morgan fingerprint density at radius 3 is 2.76 bits per heavy atom. The van der Waals surface area contributed by atoms with Gasteiger partial charge in [0.1, 0.15) is 11.9 Å². The lowest BCUT2D eigenvalue weighted by atomic mass is 10.0. The number of para-hydroxylation sites is 1. The van der Waals surface area contributed by atoms with E-state index < -0.39 is 18.5 Å². The summed E-state index contributed by atoms with van der Waals surface area (Å²) in [5.74, 6) is 0.372. The van der Waals surface area contributed by atoms with Gasteiger partial charge in [0, 0.05) is 24.6 Å². The Hall–Kier alpha value is -2.41. The normalized spacial score (nSPS) is 23.1. The number of carbonyl (C=O) groups is 1. The van der Waals surface area contributed by atoms with Gasteiger partial charge >= 0.3 is 0 Å². The minimum atomic E-state index is -0.908. The Bertz CT molecular complexity index is 748. The fourth-order valence-corrected chi connectivity index (χ4v) is 2.79. The third kappa shape index (κ3) is 3.99. The molecule has 0 aromatic heterocycles. The number of nitrogens with one attached hydrogen (secondary N) is 1. The van der Waals surface area contributed by atoms with E-state index in [0.29, 0.717) is 11.3 Å². The van der Waals surface area contributed by atoms with E-state index in [9.17, 15) is 15.0 Å². The van der Waals surface area contributed by atoms with Crippen molar-refractivity contribution in [2.24, 2.45) is 0 Å². The molecule has 0 spiro atoms. The maximum absolute atomic E-state index is 11.9. The maximum Gasteiger partial charge on any atom is 0.251 e. The van der Waals surface area contributed by atoms with Gasteiger partial charge in [-0.1, -0.05) is 30.3 Å². The summed E-state index contributed by atoms with van der Waals surface area (Å²) in [5, 5.41) is 22.2. The van der Waals surface area contributed by atoms with Gasteiger partial charge in [-0.05, 0) is 23.8 Å². The van der Waals surface area contributed by atoms with Crippen molar-refractivity contribution in [3.8, 4) is 16.9 Å². The molecule has 132 valence electrons. The molecule has 2 aromatic carbocycles. The summed E-state index contributed by atoms with van der Waals surface area (Å²) < 4.78 is 11.2. The number of hydrogen-bond donors (Lipinski definition) is 3. The van der Waals surface area contributed by atoms with Crippen molar-refractivity contribution in [1.82, 2.24) is 5.32 Å². The van der Waals surface area contributed by atoms with Gasteiger partial charge in [0.15, 0.2) is 0 Å². The molecule has 25 heavy (non-hydrogen) atoms. The van der Waals surface area contributed by atoms with Crippen LogP contribution in [0.2, 0.25) is 0 Å². The average molecular weight is 343 g/mol. The van der Waals surface area contributed by atoms with Crippen LogP contribution in [-0.2, 0) is 4.74 Å². The van der Waals surface area contributed by atoms with Gasteiger partial charge in [0.05, 0.1) is 12.7 Å². The van der Waals surface area contributed by atoms with Crippen LogP contribution in [0, 0.1) is 0 Å². The molecule has 1 fully saturated rings. The van der Waals surface area contributed by atoms with Gasteiger partial charge in [0.25, 0.3) is 5.91 Å². The highest BCUT2D eigenvalue weighted by atomic mass is 16.7. The first kappa shape index (κ1) is 17.4. The first-order chi connectivity index (χ1) is 12.1. The van der Waals surface area contributed by atoms with E-state index in [4.69, 9.17) is 9.47 Å². The number of amides is 1. The predicted molar refractivity (Wildman–Crippen MR) is 92.3 cm³/mol. The van der Waals surface area contributed by atoms with E-state index in [2.05, 4.69) is 5.32 Å². The van der Waals surface area contributed by atoms with Crippen LogP contribution < -0.4 is 10.1 Å². The molecule has 1 aliphatic heterocycles. The molecular formula is C19H21NO5. The smallest absolute Gasteiger partial charge is 0.251 e. The summed E-state index contributed by atoms with van der Waals surface area (Å²) in [4.78, 5) is 11.9. The average Bonchev–Trinajstić information content (AvgIpc) is 2.64. The van der Waals surface area contributed by atoms with Crippen LogP contribution in [0.1, 0.15) is 16.8 Å². The van der Waals surface area contributed by atoms with Crippen molar-refractivity contribution in [1.29, 1.82) is 0 Å². The first-order valence-electron chi connectivity index (χ1n) is 8.14. The molecule has 1 unspecified atom stereocenters. The fraction of sp³-hybridized carbons (Fsp3) is 0.316. The topological polar surface area (TPSA) is 88.0 Å². The van der Waals surface area contributed by atoms with E-state index >= 15 is 0 Å². The van der Waals surface area contributed by atoms with Crippen molar-refractivity contribution in [3.05, 3.63) is 54.1 Å². The summed E-state index contributed by atoms with van der Waals surface area (Å²) in [6, 6.07) is 14.6. The van der Waals surface area contributed by atoms with Gasteiger partial charge in [-0.15, -0.1) is 0 Å². The van der Waals surface area contributed by atoms with E-state index in [1.54, 1.807) is 31.3 Å². The lowest BCUT2D eigenvalue weighted by Gasteiger charge is -2.31. The Kier molecular flexibility index (Phi) is 5.33.